The van der Waals surface area contributed by atoms with E-state index in [2.05, 4.69) is 0 Å². The molecule has 0 unspecified atom stereocenters. The number of rotatable bonds is 4. The molecule has 0 atom stereocenters. The molecule has 0 radical (unpaired) electrons. The number of ether oxygens (including phenoxy) is 1. The Kier molecular flexibility index (Phi) is 4.03. The minimum Gasteiger partial charge on any atom is -0.422 e. The van der Waals surface area contributed by atoms with Gasteiger partial charge in [0, 0.05) is 12.1 Å². The maximum absolute atomic E-state index is 12.2. The van der Waals surface area contributed by atoms with Gasteiger partial charge in [-0.15, -0.1) is 0 Å². The van der Waals surface area contributed by atoms with Crippen LogP contribution in [0, 0.1) is 10.1 Å². The average molecular weight is 321 g/mol. The van der Waals surface area contributed by atoms with Crippen molar-refractivity contribution in [2.75, 3.05) is 0 Å². The van der Waals surface area contributed by atoms with Gasteiger partial charge >= 0.3 is 5.97 Å². The molecule has 0 fully saturated rings. The minimum absolute atomic E-state index is 0.0363. The van der Waals surface area contributed by atoms with Gasteiger partial charge in [0.2, 0.25) is 0 Å². The first-order chi connectivity index (χ1) is 11.6. The van der Waals surface area contributed by atoms with Crippen molar-refractivity contribution >= 4 is 28.7 Å². The molecule has 0 aromatic heterocycles. The molecular formula is C18H11NO5. The van der Waals surface area contributed by atoms with Crippen molar-refractivity contribution < 1.29 is 19.2 Å². The van der Waals surface area contributed by atoms with Crippen molar-refractivity contribution in [1.82, 2.24) is 0 Å². The van der Waals surface area contributed by atoms with Gasteiger partial charge in [0.25, 0.3) is 5.69 Å². The predicted molar refractivity (Wildman–Crippen MR) is 87.4 cm³/mol. The number of nitrogens with zero attached hydrogens (tertiary/aromatic N) is 1. The van der Waals surface area contributed by atoms with Gasteiger partial charge in [-0.2, -0.15) is 0 Å². The van der Waals surface area contributed by atoms with E-state index in [9.17, 15) is 19.7 Å². The zero-order valence-electron chi connectivity index (χ0n) is 12.3. The van der Waals surface area contributed by atoms with Crippen LogP contribution in [0.4, 0.5) is 5.69 Å². The number of benzene rings is 3. The maximum Gasteiger partial charge on any atom is 0.343 e. The van der Waals surface area contributed by atoms with E-state index in [0.717, 1.165) is 11.5 Å². The van der Waals surface area contributed by atoms with Gasteiger partial charge in [0.05, 0.1) is 16.1 Å². The number of hydrogen-bond donors (Lipinski definition) is 0. The standard InChI is InChI=1S/C18H11NO5/c20-11-16-15-7-2-1-4-12(15)8-9-17(16)24-18(21)13-5-3-6-14(10-13)19(22)23/h1-11H. The molecule has 0 saturated heterocycles. The van der Waals surface area contributed by atoms with Crippen LogP contribution < -0.4 is 4.74 Å². The fraction of sp³-hybridized carbons (Fsp3) is 0. The Hall–Kier alpha value is -3.54. The highest BCUT2D eigenvalue weighted by atomic mass is 16.6. The minimum atomic E-state index is -0.767. The van der Waals surface area contributed by atoms with Gasteiger partial charge in [-0.3, -0.25) is 14.9 Å². The molecular weight excluding hydrogens is 310 g/mol. The van der Waals surface area contributed by atoms with Crippen molar-refractivity contribution in [2.24, 2.45) is 0 Å². The molecule has 0 saturated carbocycles. The highest BCUT2D eigenvalue weighted by Crippen LogP contribution is 2.27. The van der Waals surface area contributed by atoms with Gasteiger partial charge in [0.15, 0.2) is 6.29 Å². The topological polar surface area (TPSA) is 86.5 Å². The maximum atomic E-state index is 12.2. The Morgan fingerprint density at radius 2 is 1.83 bits per heavy atom. The van der Waals surface area contributed by atoms with Crippen LogP contribution in [0.5, 0.6) is 5.75 Å². The molecule has 0 bridgehead atoms. The number of carbonyl (C=O) groups is 2. The van der Waals surface area contributed by atoms with E-state index in [-0.39, 0.29) is 22.6 Å². The Morgan fingerprint density at radius 1 is 1.04 bits per heavy atom. The highest BCUT2D eigenvalue weighted by molar-refractivity contribution is 6.02. The van der Waals surface area contributed by atoms with Gasteiger partial charge < -0.3 is 4.74 Å². The molecule has 24 heavy (non-hydrogen) atoms. The Balaban J connectivity index is 1.97. The Labute approximate surface area is 136 Å². The van der Waals surface area contributed by atoms with E-state index in [1.807, 2.05) is 12.1 Å². The van der Waals surface area contributed by atoms with Gasteiger partial charge in [-0.1, -0.05) is 36.4 Å². The summed E-state index contributed by atoms with van der Waals surface area (Å²) in [7, 11) is 0. The number of aldehydes is 1. The van der Waals surface area contributed by atoms with E-state index in [0.29, 0.717) is 11.7 Å². The summed E-state index contributed by atoms with van der Waals surface area (Å²) >= 11 is 0. The molecule has 0 amide bonds. The molecule has 0 spiro atoms. The van der Waals surface area contributed by atoms with E-state index >= 15 is 0 Å². The fourth-order valence-corrected chi connectivity index (χ4v) is 2.39. The van der Waals surface area contributed by atoms with Crippen LogP contribution in [0.1, 0.15) is 20.7 Å². The molecule has 118 valence electrons. The smallest absolute Gasteiger partial charge is 0.343 e. The van der Waals surface area contributed by atoms with Crippen molar-refractivity contribution in [3.8, 4) is 5.75 Å². The van der Waals surface area contributed by atoms with Crippen LogP contribution in [0.3, 0.4) is 0 Å². The molecule has 0 N–H and O–H groups in total. The number of hydrogen-bond acceptors (Lipinski definition) is 5. The quantitative estimate of drug-likeness (QED) is 0.240. The second-order valence-electron chi connectivity index (χ2n) is 5.01. The first-order valence-corrected chi connectivity index (χ1v) is 7.03. The lowest BCUT2D eigenvalue weighted by Crippen LogP contribution is -2.10. The van der Waals surface area contributed by atoms with Crippen LogP contribution in [-0.4, -0.2) is 17.2 Å². The molecule has 3 rings (SSSR count). The molecule has 6 heteroatoms. The lowest BCUT2D eigenvalue weighted by Gasteiger charge is -2.09. The number of nitro groups is 1. The van der Waals surface area contributed by atoms with Crippen molar-refractivity contribution in [3.63, 3.8) is 0 Å². The summed E-state index contributed by atoms with van der Waals surface area (Å²) in [5.74, 6) is -0.655. The van der Waals surface area contributed by atoms with Crippen molar-refractivity contribution in [1.29, 1.82) is 0 Å². The number of fused-ring (bicyclic) bond motifs is 1. The lowest BCUT2D eigenvalue weighted by molar-refractivity contribution is -0.384. The van der Waals surface area contributed by atoms with Crippen LogP contribution in [0.25, 0.3) is 10.8 Å². The monoisotopic (exact) mass is 321 g/mol. The molecule has 0 heterocycles. The predicted octanol–water partition coefficient (Wildman–Crippen LogP) is 3.78. The zero-order valence-corrected chi connectivity index (χ0v) is 12.3. The summed E-state index contributed by atoms with van der Waals surface area (Å²) < 4.78 is 5.27. The average Bonchev–Trinajstić information content (AvgIpc) is 2.61. The third kappa shape index (κ3) is 2.85. The fourth-order valence-electron chi connectivity index (χ4n) is 2.39. The number of non-ortho nitro benzene ring substituents is 1. The second-order valence-corrected chi connectivity index (χ2v) is 5.01. The number of esters is 1. The molecule has 0 aliphatic rings. The van der Waals surface area contributed by atoms with Crippen molar-refractivity contribution in [2.45, 2.75) is 0 Å². The lowest BCUT2D eigenvalue weighted by atomic mass is 10.0. The van der Waals surface area contributed by atoms with Gasteiger partial charge in [-0.05, 0) is 22.9 Å². The summed E-state index contributed by atoms with van der Waals surface area (Å²) in [6.07, 6.45) is 0.623. The first-order valence-electron chi connectivity index (χ1n) is 7.03. The SMILES string of the molecule is O=Cc1c(OC(=O)c2cccc([N+](=O)[O-])c2)ccc2ccccc12. The Bertz CT molecular complexity index is 965. The van der Waals surface area contributed by atoms with Crippen LogP contribution in [0.15, 0.2) is 60.7 Å². The van der Waals surface area contributed by atoms with E-state index in [1.165, 1.54) is 24.3 Å². The number of carbonyl (C=O) groups excluding carboxylic acids is 2. The van der Waals surface area contributed by atoms with E-state index < -0.39 is 10.9 Å². The summed E-state index contributed by atoms with van der Waals surface area (Å²) in [6, 6.07) is 15.7. The highest BCUT2D eigenvalue weighted by Gasteiger charge is 2.16. The first kappa shape index (κ1) is 15.4. The largest absolute Gasteiger partial charge is 0.422 e. The zero-order chi connectivity index (χ0) is 17.1. The molecule has 3 aromatic rings. The Morgan fingerprint density at radius 3 is 2.58 bits per heavy atom. The summed E-state index contributed by atoms with van der Waals surface area (Å²) in [5.41, 5.74) is 0.0830. The van der Waals surface area contributed by atoms with Crippen LogP contribution >= 0.6 is 0 Å². The molecule has 0 aliphatic carbocycles. The molecule has 3 aromatic carbocycles. The van der Waals surface area contributed by atoms with Crippen molar-refractivity contribution in [3.05, 3.63) is 81.9 Å². The van der Waals surface area contributed by atoms with Crippen LogP contribution in [0.2, 0.25) is 0 Å². The van der Waals surface area contributed by atoms with Gasteiger partial charge in [0.1, 0.15) is 5.75 Å². The summed E-state index contributed by atoms with van der Waals surface area (Å²) in [4.78, 5) is 33.8. The third-order valence-corrected chi connectivity index (χ3v) is 3.54. The second kappa shape index (κ2) is 6.29. The molecule has 6 nitrogen and oxygen atoms in total. The van der Waals surface area contributed by atoms with Gasteiger partial charge in [-0.25, -0.2) is 4.79 Å². The summed E-state index contributed by atoms with van der Waals surface area (Å²) in [5, 5.41) is 12.3. The molecule has 0 aliphatic heterocycles. The van der Waals surface area contributed by atoms with E-state index in [4.69, 9.17) is 4.74 Å². The van der Waals surface area contributed by atoms with Crippen LogP contribution in [-0.2, 0) is 0 Å². The van der Waals surface area contributed by atoms with E-state index in [1.54, 1.807) is 18.2 Å². The normalized spacial score (nSPS) is 10.3. The summed E-state index contributed by atoms with van der Waals surface area (Å²) in [6.45, 7) is 0. The third-order valence-electron chi connectivity index (χ3n) is 3.54. The number of nitro benzene ring substituents is 1.